The summed E-state index contributed by atoms with van der Waals surface area (Å²) in [6, 6.07) is 2.25. The standard InChI is InChI=1S/C12H14N2O5/c1-18-10(15)7-8-11(16)13-4-5-14(8)12(17)9-3-2-6-19-9/h2-3,6,8H,4-5,7H2,1H3,(H,13,16). The molecule has 7 heteroatoms. The van der Waals surface area contributed by atoms with Gasteiger partial charge >= 0.3 is 5.97 Å². The Morgan fingerprint density at radius 2 is 2.37 bits per heavy atom. The highest BCUT2D eigenvalue weighted by Gasteiger charge is 2.36. The van der Waals surface area contributed by atoms with Gasteiger partial charge in [-0.25, -0.2) is 0 Å². The second-order valence-electron chi connectivity index (χ2n) is 4.06. The van der Waals surface area contributed by atoms with E-state index in [1.165, 1.54) is 24.3 Å². The molecule has 1 unspecified atom stereocenters. The number of carbonyl (C=O) groups is 3. The van der Waals surface area contributed by atoms with Gasteiger partial charge < -0.3 is 19.4 Å². The Kier molecular flexibility index (Phi) is 3.84. The number of piperazine rings is 1. The Morgan fingerprint density at radius 1 is 1.58 bits per heavy atom. The van der Waals surface area contributed by atoms with Crippen LogP contribution in [0.3, 0.4) is 0 Å². The molecule has 2 rings (SSSR count). The maximum Gasteiger partial charge on any atom is 0.308 e. The number of nitrogens with zero attached hydrogens (tertiary/aromatic N) is 1. The Morgan fingerprint density at radius 3 is 3.00 bits per heavy atom. The normalized spacial score (nSPS) is 18.9. The first-order valence-electron chi connectivity index (χ1n) is 5.82. The van der Waals surface area contributed by atoms with E-state index in [1.54, 1.807) is 6.07 Å². The van der Waals surface area contributed by atoms with Gasteiger partial charge in [0.2, 0.25) is 5.91 Å². The van der Waals surface area contributed by atoms with Crippen molar-refractivity contribution in [1.29, 1.82) is 0 Å². The first-order chi connectivity index (χ1) is 9.13. The van der Waals surface area contributed by atoms with Crippen LogP contribution in [0, 0.1) is 0 Å². The van der Waals surface area contributed by atoms with Gasteiger partial charge in [-0.2, -0.15) is 0 Å². The Balaban J connectivity index is 2.17. The van der Waals surface area contributed by atoms with Crippen molar-refractivity contribution in [3.63, 3.8) is 0 Å². The van der Waals surface area contributed by atoms with Crippen LogP contribution in [0.15, 0.2) is 22.8 Å². The molecule has 1 fully saturated rings. The van der Waals surface area contributed by atoms with E-state index in [0.29, 0.717) is 13.1 Å². The summed E-state index contributed by atoms with van der Waals surface area (Å²) in [5, 5.41) is 2.62. The van der Waals surface area contributed by atoms with Crippen molar-refractivity contribution in [2.45, 2.75) is 12.5 Å². The van der Waals surface area contributed by atoms with Gasteiger partial charge in [0.1, 0.15) is 6.04 Å². The molecule has 1 saturated heterocycles. The zero-order chi connectivity index (χ0) is 13.8. The lowest BCUT2D eigenvalue weighted by molar-refractivity contribution is -0.145. The van der Waals surface area contributed by atoms with Crippen molar-refractivity contribution in [2.75, 3.05) is 20.2 Å². The largest absolute Gasteiger partial charge is 0.469 e. The molecule has 2 amide bonds. The van der Waals surface area contributed by atoms with E-state index < -0.39 is 17.9 Å². The van der Waals surface area contributed by atoms with Gasteiger partial charge in [0, 0.05) is 13.1 Å². The second kappa shape index (κ2) is 5.55. The van der Waals surface area contributed by atoms with Crippen LogP contribution in [0.5, 0.6) is 0 Å². The Hall–Kier alpha value is -2.31. The molecule has 0 aromatic carbocycles. The first kappa shape index (κ1) is 13.1. The quantitative estimate of drug-likeness (QED) is 0.764. The molecule has 1 aliphatic heterocycles. The molecule has 0 radical (unpaired) electrons. The van der Waals surface area contributed by atoms with Crippen LogP contribution in [0.1, 0.15) is 17.0 Å². The lowest BCUT2D eigenvalue weighted by atomic mass is 10.1. The van der Waals surface area contributed by atoms with Crippen LogP contribution in [-0.2, 0) is 14.3 Å². The number of methoxy groups -OCH3 is 1. The predicted octanol–water partition coefficient (Wildman–Crippen LogP) is -0.217. The molecular weight excluding hydrogens is 252 g/mol. The fourth-order valence-corrected chi connectivity index (χ4v) is 1.94. The number of furan rings is 1. The molecule has 7 nitrogen and oxygen atoms in total. The van der Waals surface area contributed by atoms with Gasteiger partial charge in [-0.15, -0.1) is 0 Å². The summed E-state index contributed by atoms with van der Waals surface area (Å²) < 4.78 is 9.56. The lowest BCUT2D eigenvalue weighted by Gasteiger charge is -2.33. The molecule has 1 aromatic rings. The molecule has 0 aliphatic carbocycles. The average molecular weight is 266 g/mol. The summed E-state index contributed by atoms with van der Waals surface area (Å²) in [5.41, 5.74) is 0. The molecule has 2 heterocycles. The van der Waals surface area contributed by atoms with Crippen molar-refractivity contribution in [3.05, 3.63) is 24.2 Å². The van der Waals surface area contributed by atoms with E-state index in [2.05, 4.69) is 10.1 Å². The topological polar surface area (TPSA) is 88.9 Å². The van der Waals surface area contributed by atoms with E-state index in [0.717, 1.165) is 0 Å². The number of esters is 1. The predicted molar refractivity (Wildman–Crippen MR) is 63.2 cm³/mol. The van der Waals surface area contributed by atoms with E-state index in [4.69, 9.17) is 4.42 Å². The summed E-state index contributed by atoms with van der Waals surface area (Å²) in [6.45, 7) is 0.676. The summed E-state index contributed by atoms with van der Waals surface area (Å²) in [6.07, 6.45) is 1.21. The highest BCUT2D eigenvalue weighted by Crippen LogP contribution is 2.14. The fourth-order valence-electron chi connectivity index (χ4n) is 1.94. The molecule has 102 valence electrons. The zero-order valence-corrected chi connectivity index (χ0v) is 10.4. The van der Waals surface area contributed by atoms with Gasteiger partial charge in [0.25, 0.3) is 5.91 Å². The lowest BCUT2D eigenvalue weighted by Crippen LogP contribution is -2.57. The van der Waals surface area contributed by atoms with E-state index in [-0.39, 0.29) is 18.1 Å². The smallest absolute Gasteiger partial charge is 0.308 e. The van der Waals surface area contributed by atoms with Gasteiger partial charge in [0.15, 0.2) is 5.76 Å². The van der Waals surface area contributed by atoms with Crippen LogP contribution in [0.4, 0.5) is 0 Å². The monoisotopic (exact) mass is 266 g/mol. The van der Waals surface area contributed by atoms with E-state index in [1.807, 2.05) is 0 Å². The summed E-state index contributed by atoms with van der Waals surface area (Å²) in [7, 11) is 1.24. The minimum Gasteiger partial charge on any atom is -0.469 e. The van der Waals surface area contributed by atoms with Crippen LogP contribution in [0.2, 0.25) is 0 Å². The SMILES string of the molecule is COC(=O)CC1C(=O)NCCN1C(=O)c1ccco1. The molecule has 0 bridgehead atoms. The molecule has 0 spiro atoms. The Labute approximate surface area is 109 Å². The maximum atomic E-state index is 12.2. The molecule has 0 saturated carbocycles. The highest BCUT2D eigenvalue weighted by molar-refractivity contribution is 5.97. The number of hydrogen-bond donors (Lipinski definition) is 1. The van der Waals surface area contributed by atoms with Gasteiger partial charge in [-0.05, 0) is 12.1 Å². The molecule has 1 N–H and O–H groups in total. The number of nitrogens with one attached hydrogen (secondary N) is 1. The van der Waals surface area contributed by atoms with Crippen LogP contribution in [-0.4, -0.2) is 48.9 Å². The number of amides is 2. The summed E-state index contributed by atoms with van der Waals surface area (Å²) in [5.74, 6) is -1.17. The highest BCUT2D eigenvalue weighted by atomic mass is 16.5. The minimum atomic E-state index is -0.862. The third kappa shape index (κ3) is 2.75. The fraction of sp³-hybridized carbons (Fsp3) is 0.417. The van der Waals surface area contributed by atoms with E-state index >= 15 is 0 Å². The average Bonchev–Trinajstić information content (AvgIpc) is 2.94. The number of rotatable bonds is 3. The molecule has 1 aromatic heterocycles. The van der Waals surface area contributed by atoms with Gasteiger partial charge in [-0.1, -0.05) is 0 Å². The third-order valence-electron chi connectivity index (χ3n) is 2.91. The van der Waals surface area contributed by atoms with Crippen LogP contribution >= 0.6 is 0 Å². The summed E-state index contributed by atoms with van der Waals surface area (Å²) in [4.78, 5) is 36.6. The number of ether oxygens (including phenoxy) is 1. The van der Waals surface area contributed by atoms with Crippen LogP contribution < -0.4 is 5.32 Å². The van der Waals surface area contributed by atoms with Crippen molar-refractivity contribution < 1.29 is 23.5 Å². The number of hydrogen-bond acceptors (Lipinski definition) is 5. The van der Waals surface area contributed by atoms with Crippen molar-refractivity contribution in [1.82, 2.24) is 10.2 Å². The third-order valence-corrected chi connectivity index (χ3v) is 2.91. The van der Waals surface area contributed by atoms with Gasteiger partial charge in [-0.3, -0.25) is 14.4 Å². The van der Waals surface area contributed by atoms with Crippen molar-refractivity contribution >= 4 is 17.8 Å². The molecule has 1 aliphatic rings. The number of carbonyl (C=O) groups excluding carboxylic acids is 3. The minimum absolute atomic E-state index is 0.143. The molecule has 1 atom stereocenters. The second-order valence-corrected chi connectivity index (χ2v) is 4.06. The molecular formula is C12H14N2O5. The molecule has 19 heavy (non-hydrogen) atoms. The van der Waals surface area contributed by atoms with Crippen LogP contribution in [0.25, 0.3) is 0 Å². The zero-order valence-electron chi connectivity index (χ0n) is 10.4. The first-order valence-corrected chi connectivity index (χ1v) is 5.82. The Bertz CT molecular complexity index is 482. The summed E-state index contributed by atoms with van der Waals surface area (Å²) >= 11 is 0. The van der Waals surface area contributed by atoms with E-state index in [9.17, 15) is 14.4 Å². The van der Waals surface area contributed by atoms with Crippen molar-refractivity contribution in [2.24, 2.45) is 0 Å². The van der Waals surface area contributed by atoms with Crippen molar-refractivity contribution in [3.8, 4) is 0 Å². The van der Waals surface area contributed by atoms with Gasteiger partial charge in [0.05, 0.1) is 19.8 Å². The maximum absolute atomic E-state index is 12.2.